The maximum Gasteiger partial charge on any atom is 0.171 e. The largest absolute Gasteiger partial charge is 0.485 e. The lowest BCUT2D eigenvalue weighted by molar-refractivity contribution is 0.296. The van der Waals surface area contributed by atoms with Gasteiger partial charge in [0.2, 0.25) is 0 Å². The van der Waals surface area contributed by atoms with Crippen LogP contribution in [0.1, 0.15) is 36.0 Å². The van der Waals surface area contributed by atoms with Crippen molar-refractivity contribution in [3.63, 3.8) is 0 Å². The summed E-state index contributed by atoms with van der Waals surface area (Å²) in [7, 11) is 0. The van der Waals surface area contributed by atoms with Crippen molar-refractivity contribution in [1.29, 1.82) is 0 Å². The van der Waals surface area contributed by atoms with Gasteiger partial charge in [0.25, 0.3) is 0 Å². The van der Waals surface area contributed by atoms with Gasteiger partial charge in [0.15, 0.2) is 5.82 Å². The fraction of sp³-hybridized carbons (Fsp3) is 0.467. The summed E-state index contributed by atoms with van der Waals surface area (Å²) in [5.74, 6) is 3.47. The van der Waals surface area contributed by atoms with Crippen LogP contribution in [0.25, 0.3) is 0 Å². The van der Waals surface area contributed by atoms with Gasteiger partial charge in [0.05, 0.1) is 6.54 Å². The molecule has 3 heterocycles. The third-order valence-corrected chi connectivity index (χ3v) is 4.18. The maximum atomic E-state index is 5.84. The van der Waals surface area contributed by atoms with Gasteiger partial charge in [0, 0.05) is 18.0 Å². The Morgan fingerprint density at radius 1 is 1.24 bits per heavy atom. The lowest BCUT2D eigenvalue weighted by Gasteiger charge is -2.22. The van der Waals surface area contributed by atoms with Crippen molar-refractivity contribution < 1.29 is 4.74 Å². The Bertz CT molecular complexity index is 622. The third-order valence-electron chi connectivity index (χ3n) is 4.18. The molecule has 1 fully saturated rings. The molecular weight excluding hydrogens is 288 g/mol. The number of rotatable bonds is 1. The molecule has 1 aromatic carbocycles. The van der Waals surface area contributed by atoms with Crippen LogP contribution in [0.4, 0.5) is 0 Å². The molecule has 1 unspecified atom stereocenters. The van der Waals surface area contributed by atoms with E-state index in [0.29, 0.717) is 12.5 Å². The monoisotopic (exact) mass is 306 g/mol. The van der Waals surface area contributed by atoms with Crippen LogP contribution in [0.5, 0.6) is 5.75 Å². The Morgan fingerprint density at radius 2 is 2.14 bits per heavy atom. The third kappa shape index (κ3) is 2.63. The van der Waals surface area contributed by atoms with Gasteiger partial charge in [-0.25, -0.2) is 0 Å². The lowest BCUT2D eigenvalue weighted by atomic mass is 9.98. The second-order valence-corrected chi connectivity index (χ2v) is 5.50. The van der Waals surface area contributed by atoms with Crippen molar-refractivity contribution in [2.45, 2.75) is 31.9 Å². The Morgan fingerprint density at radius 3 is 3.00 bits per heavy atom. The molecule has 0 saturated carbocycles. The van der Waals surface area contributed by atoms with Gasteiger partial charge in [-0.2, -0.15) is 0 Å². The number of hydrogen-bond donors (Lipinski definition) is 1. The van der Waals surface area contributed by atoms with E-state index in [2.05, 4.69) is 32.2 Å². The van der Waals surface area contributed by atoms with Gasteiger partial charge in [-0.05, 0) is 25.5 Å². The molecule has 0 radical (unpaired) electrons. The Labute approximate surface area is 130 Å². The molecule has 1 N–H and O–H groups in total. The Kier molecular flexibility index (Phi) is 4.12. The molecular formula is C15H19ClN4O. The zero-order valence-corrected chi connectivity index (χ0v) is 12.6. The van der Waals surface area contributed by atoms with Crippen LogP contribution in [0.15, 0.2) is 24.3 Å². The highest BCUT2D eigenvalue weighted by molar-refractivity contribution is 5.85. The highest BCUT2D eigenvalue weighted by Gasteiger charge is 2.25. The van der Waals surface area contributed by atoms with Gasteiger partial charge in [-0.15, -0.1) is 22.6 Å². The minimum Gasteiger partial charge on any atom is -0.485 e. The normalized spacial score (nSPS) is 20.5. The summed E-state index contributed by atoms with van der Waals surface area (Å²) >= 11 is 0. The average Bonchev–Trinajstić information content (AvgIpc) is 2.81. The first kappa shape index (κ1) is 14.4. The fourth-order valence-electron chi connectivity index (χ4n) is 3.09. The van der Waals surface area contributed by atoms with Crippen LogP contribution >= 0.6 is 12.4 Å². The van der Waals surface area contributed by atoms with Gasteiger partial charge < -0.3 is 14.6 Å². The number of fused-ring (bicyclic) bond motifs is 2. The van der Waals surface area contributed by atoms with Gasteiger partial charge in [-0.1, -0.05) is 18.2 Å². The zero-order valence-electron chi connectivity index (χ0n) is 11.8. The topological polar surface area (TPSA) is 52.0 Å². The van der Waals surface area contributed by atoms with E-state index in [4.69, 9.17) is 4.74 Å². The highest BCUT2D eigenvalue weighted by Crippen LogP contribution is 2.28. The lowest BCUT2D eigenvalue weighted by Crippen LogP contribution is -2.30. The number of halogens is 1. The summed E-state index contributed by atoms with van der Waals surface area (Å²) in [6.07, 6.45) is 2.40. The van der Waals surface area contributed by atoms with E-state index in [-0.39, 0.29) is 12.4 Å². The molecule has 2 aliphatic heterocycles. The van der Waals surface area contributed by atoms with E-state index in [0.717, 1.165) is 37.0 Å². The van der Waals surface area contributed by atoms with Crippen molar-refractivity contribution in [2.24, 2.45) is 0 Å². The van der Waals surface area contributed by atoms with Crippen molar-refractivity contribution in [3.8, 4) is 5.75 Å². The number of piperidine rings is 1. The standard InChI is InChI=1S/C15H18N4O.ClH/c1-2-6-13-12(4-1)9-19-14(10-20-13)17-18-15(19)11-5-3-7-16-8-11;/h1-2,4,6,11,16H,3,5,7-10H2;1H. The number of nitrogens with zero attached hydrogens (tertiary/aromatic N) is 3. The molecule has 0 bridgehead atoms. The maximum absolute atomic E-state index is 5.84. The molecule has 4 rings (SSSR count). The van der Waals surface area contributed by atoms with E-state index in [9.17, 15) is 0 Å². The van der Waals surface area contributed by atoms with E-state index >= 15 is 0 Å². The van der Waals surface area contributed by atoms with Crippen LogP contribution in [-0.2, 0) is 13.2 Å². The predicted octanol–water partition coefficient (Wildman–Crippen LogP) is 2.11. The summed E-state index contributed by atoms with van der Waals surface area (Å²) in [6, 6.07) is 8.21. The van der Waals surface area contributed by atoms with Crippen molar-refractivity contribution in [1.82, 2.24) is 20.1 Å². The second kappa shape index (κ2) is 6.03. The minimum atomic E-state index is 0. The molecule has 21 heavy (non-hydrogen) atoms. The molecule has 1 atom stereocenters. The molecule has 0 spiro atoms. The van der Waals surface area contributed by atoms with Gasteiger partial charge >= 0.3 is 0 Å². The highest BCUT2D eigenvalue weighted by atomic mass is 35.5. The average molecular weight is 307 g/mol. The van der Waals surface area contributed by atoms with E-state index in [1.165, 1.54) is 18.4 Å². The van der Waals surface area contributed by atoms with Crippen LogP contribution in [0.3, 0.4) is 0 Å². The number of para-hydroxylation sites is 1. The van der Waals surface area contributed by atoms with Crippen LogP contribution in [-0.4, -0.2) is 27.9 Å². The minimum absolute atomic E-state index is 0. The molecule has 0 aliphatic carbocycles. The molecule has 5 nitrogen and oxygen atoms in total. The first-order valence-corrected chi connectivity index (χ1v) is 7.25. The molecule has 6 heteroatoms. The summed E-state index contributed by atoms with van der Waals surface area (Å²) in [6.45, 7) is 3.43. The number of nitrogens with one attached hydrogen (secondary N) is 1. The van der Waals surface area contributed by atoms with E-state index in [1.54, 1.807) is 0 Å². The molecule has 1 aromatic heterocycles. The van der Waals surface area contributed by atoms with Crippen molar-refractivity contribution >= 4 is 12.4 Å². The fourth-order valence-corrected chi connectivity index (χ4v) is 3.09. The predicted molar refractivity (Wildman–Crippen MR) is 82.0 cm³/mol. The Hall–Kier alpha value is -1.59. The quantitative estimate of drug-likeness (QED) is 0.877. The second-order valence-electron chi connectivity index (χ2n) is 5.50. The molecule has 112 valence electrons. The molecule has 0 amide bonds. The first-order chi connectivity index (χ1) is 9.92. The van der Waals surface area contributed by atoms with Crippen LogP contribution in [0, 0.1) is 0 Å². The van der Waals surface area contributed by atoms with Crippen molar-refractivity contribution in [2.75, 3.05) is 13.1 Å². The number of ether oxygens (including phenoxy) is 1. The van der Waals surface area contributed by atoms with E-state index < -0.39 is 0 Å². The summed E-state index contributed by atoms with van der Waals surface area (Å²) in [5.41, 5.74) is 1.20. The number of benzene rings is 1. The van der Waals surface area contributed by atoms with Crippen LogP contribution in [0.2, 0.25) is 0 Å². The number of aromatic nitrogens is 3. The zero-order chi connectivity index (χ0) is 13.4. The molecule has 1 saturated heterocycles. The first-order valence-electron chi connectivity index (χ1n) is 7.25. The summed E-state index contributed by atoms with van der Waals surface area (Å²) in [4.78, 5) is 0. The van der Waals surface area contributed by atoms with Gasteiger partial charge in [0.1, 0.15) is 18.2 Å². The van der Waals surface area contributed by atoms with Crippen molar-refractivity contribution in [3.05, 3.63) is 41.5 Å². The van der Waals surface area contributed by atoms with E-state index in [1.807, 2.05) is 12.1 Å². The summed E-state index contributed by atoms with van der Waals surface area (Å²) < 4.78 is 8.08. The smallest absolute Gasteiger partial charge is 0.171 e. The Balaban J connectivity index is 0.00000132. The SMILES string of the molecule is Cl.c1ccc2c(c1)Cn1c(nnc1C1CCCNC1)CO2. The summed E-state index contributed by atoms with van der Waals surface area (Å²) in [5, 5.41) is 12.2. The van der Waals surface area contributed by atoms with Crippen LogP contribution < -0.4 is 10.1 Å². The number of hydrogen-bond acceptors (Lipinski definition) is 4. The molecule has 2 aliphatic rings. The van der Waals surface area contributed by atoms with Gasteiger partial charge in [-0.3, -0.25) is 0 Å². The molecule has 2 aromatic rings.